The van der Waals surface area contributed by atoms with Gasteiger partial charge in [-0.05, 0) is 43.9 Å². The van der Waals surface area contributed by atoms with Crippen molar-refractivity contribution in [2.75, 3.05) is 0 Å². The Morgan fingerprint density at radius 2 is 2.10 bits per heavy atom. The lowest BCUT2D eigenvalue weighted by atomic mass is 9.84. The maximum absolute atomic E-state index is 6.13. The first-order valence-electron chi connectivity index (χ1n) is 7.43. The van der Waals surface area contributed by atoms with Gasteiger partial charge in [0.2, 0.25) is 0 Å². The summed E-state index contributed by atoms with van der Waals surface area (Å²) >= 11 is 9.65. The summed E-state index contributed by atoms with van der Waals surface area (Å²) < 4.78 is 3.44. The number of benzene rings is 1. The maximum Gasteiger partial charge on any atom is 0.125 e. The average Bonchev–Trinajstić information content (AvgIpc) is 2.84. The number of rotatable bonds is 3. The van der Waals surface area contributed by atoms with Crippen LogP contribution in [0.2, 0.25) is 0 Å². The lowest BCUT2D eigenvalue weighted by Crippen LogP contribution is -2.20. The molecule has 0 saturated heterocycles. The van der Waals surface area contributed by atoms with Crippen LogP contribution in [0.15, 0.2) is 22.7 Å². The van der Waals surface area contributed by atoms with Crippen LogP contribution in [0.25, 0.3) is 11.0 Å². The van der Waals surface area contributed by atoms with E-state index in [1.165, 1.54) is 37.6 Å². The molecule has 0 bridgehead atoms. The Morgan fingerprint density at radius 3 is 2.80 bits per heavy atom. The highest BCUT2D eigenvalue weighted by Gasteiger charge is 2.24. The normalized spacial score (nSPS) is 18.6. The van der Waals surface area contributed by atoms with Crippen molar-refractivity contribution in [3.8, 4) is 0 Å². The molecule has 2 nitrogen and oxygen atoms in total. The van der Waals surface area contributed by atoms with Crippen LogP contribution in [-0.2, 0) is 5.88 Å². The van der Waals surface area contributed by atoms with Gasteiger partial charge < -0.3 is 4.57 Å². The molecule has 108 valence electrons. The highest BCUT2D eigenvalue weighted by molar-refractivity contribution is 9.10. The van der Waals surface area contributed by atoms with E-state index in [9.17, 15) is 0 Å². The van der Waals surface area contributed by atoms with Crippen LogP contribution in [-0.4, -0.2) is 9.55 Å². The van der Waals surface area contributed by atoms with E-state index in [-0.39, 0.29) is 0 Å². The average molecular weight is 356 g/mol. The van der Waals surface area contributed by atoms with E-state index in [2.05, 4.69) is 45.6 Å². The predicted molar refractivity (Wildman–Crippen MR) is 88.3 cm³/mol. The molecule has 20 heavy (non-hydrogen) atoms. The van der Waals surface area contributed by atoms with Gasteiger partial charge in [-0.25, -0.2) is 4.98 Å². The van der Waals surface area contributed by atoms with Crippen molar-refractivity contribution in [1.82, 2.24) is 9.55 Å². The van der Waals surface area contributed by atoms with Gasteiger partial charge in [-0.2, -0.15) is 0 Å². The van der Waals surface area contributed by atoms with E-state index >= 15 is 0 Å². The number of halogens is 2. The van der Waals surface area contributed by atoms with Gasteiger partial charge in [0, 0.05) is 10.5 Å². The number of hydrogen-bond donors (Lipinski definition) is 0. The van der Waals surface area contributed by atoms with Crippen molar-refractivity contribution in [3.63, 3.8) is 0 Å². The van der Waals surface area contributed by atoms with Crippen molar-refractivity contribution in [2.45, 2.75) is 50.9 Å². The largest absolute Gasteiger partial charge is 0.324 e. The van der Waals surface area contributed by atoms with E-state index in [0.29, 0.717) is 11.9 Å². The van der Waals surface area contributed by atoms with Gasteiger partial charge in [-0.1, -0.05) is 35.2 Å². The Bertz CT molecular complexity index is 602. The molecule has 1 fully saturated rings. The third kappa shape index (κ3) is 2.62. The van der Waals surface area contributed by atoms with Crippen LogP contribution in [0.4, 0.5) is 0 Å². The molecule has 1 aliphatic rings. The fourth-order valence-corrected chi connectivity index (χ4v) is 4.04. The number of imidazole rings is 1. The van der Waals surface area contributed by atoms with E-state index in [1.807, 2.05) is 0 Å². The first-order chi connectivity index (χ1) is 9.70. The van der Waals surface area contributed by atoms with Gasteiger partial charge in [-0.15, -0.1) is 11.6 Å². The van der Waals surface area contributed by atoms with E-state index in [4.69, 9.17) is 16.6 Å². The van der Waals surface area contributed by atoms with Gasteiger partial charge in [0.1, 0.15) is 5.82 Å². The molecule has 1 atom stereocenters. The lowest BCUT2D eigenvalue weighted by Gasteiger charge is -2.30. The lowest BCUT2D eigenvalue weighted by molar-refractivity contribution is 0.265. The minimum absolute atomic E-state index is 0.476. The highest BCUT2D eigenvalue weighted by atomic mass is 79.9. The molecule has 0 aliphatic heterocycles. The topological polar surface area (TPSA) is 17.8 Å². The Morgan fingerprint density at radius 1 is 1.35 bits per heavy atom. The third-order valence-electron chi connectivity index (χ3n) is 4.58. The Hall–Kier alpha value is -0.540. The van der Waals surface area contributed by atoms with Crippen molar-refractivity contribution < 1.29 is 0 Å². The zero-order chi connectivity index (χ0) is 14.1. The molecule has 1 aliphatic carbocycles. The molecule has 1 aromatic heterocycles. The highest BCUT2D eigenvalue weighted by Crippen LogP contribution is 2.36. The molecule has 0 spiro atoms. The number of nitrogens with zero attached hydrogens (tertiary/aromatic N) is 2. The second-order valence-electron chi connectivity index (χ2n) is 5.80. The summed E-state index contributed by atoms with van der Waals surface area (Å²) in [6.07, 6.45) is 6.79. The van der Waals surface area contributed by atoms with Gasteiger partial charge in [-0.3, -0.25) is 0 Å². The van der Waals surface area contributed by atoms with Crippen LogP contribution in [0.3, 0.4) is 0 Å². The van der Waals surface area contributed by atoms with Crippen LogP contribution < -0.4 is 0 Å². The molecule has 1 saturated carbocycles. The van der Waals surface area contributed by atoms with E-state index in [0.717, 1.165) is 21.7 Å². The minimum Gasteiger partial charge on any atom is -0.324 e. The quantitative estimate of drug-likeness (QED) is 0.648. The van der Waals surface area contributed by atoms with Crippen LogP contribution in [0.1, 0.15) is 50.9 Å². The number of aromatic nitrogens is 2. The molecule has 2 aromatic rings. The molecule has 1 aromatic carbocycles. The molecule has 0 amide bonds. The number of alkyl halides is 1. The smallest absolute Gasteiger partial charge is 0.125 e. The standard InChI is InChI=1S/C16H20BrClN2/c1-11(12-5-3-2-4-6-12)20-15-8-7-13(17)9-14(15)19-16(20)10-18/h7-9,11-12H,2-6,10H2,1H3. The molecule has 3 rings (SSSR count). The van der Waals surface area contributed by atoms with Crippen molar-refractivity contribution in [1.29, 1.82) is 0 Å². The Balaban J connectivity index is 2.04. The second-order valence-corrected chi connectivity index (χ2v) is 6.99. The molecular formula is C16H20BrClN2. The van der Waals surface area contributed by atoms with Crippen molar-refractivity contribution in [3.05, 3.63) is 28.5 Å². The van der Waals surface area contributed by atoms with Gasteiger partial charge in [0.25, 0.3) is 0 Å². The van der Waals surface area contributed by atoms with Gasteiger partial charge in [0.05, 0.1) is 16.9 Å². The van der Waals surface area contributed by atoms with Crippen LogP contribution in [0.5, 0.6) is 0 Å². The monoisotopic (exact) mass is 354 g/mol. The van der Waals surface area contributed by atoms with Gasteiger partial charge in [0.15, 0.2) is 0 Å². The minimum atomic E-state index is 0.476. The molecular weight excluding hydrogens is 336 g/mol. The fraction of sp³-hybridized carbons (Fsp3) is 0.562. The molecule has 0 radical (unpaired) electrons. The van der Waals surface area contributed by atoms with Crippen LogP contribution in [0, 0.1) is 5.92 Å². The first-order valence-corrected chi connectivity index (χ1v) is 8.76. The van der Waals surface area contributed by atoms with Crippen molar-refractivity contribution >= 4 is 38.6 Å². The zero-order valence-electron chi connectivity index (χ0n) is 11.8. The van der Waals surface area contributed by atoms with E-state index in [1.54, 1.807) is 0 Å². The third-order valence-corrected chi connectivity index (χ3v) is 5.32. The van der Waals surface area contributed by atoms with Gasteiger partial charge >= 0.3 is 0 Å². The fourth-order valence-electron chi connectivity index (χ4n) is 3.50. The van der Waals surface area contributed by atoms with E-state index < -0.39 is 0 Å². The summed E-state index contributed by atoms with van der Waals surface area (Å²) in [5, 5.41) is 0. The SMILES string of the molecule is CC(C1CCCCC1)n1c(CCl)nc2cc(Br)ccc21. The summed E-state index contributed by atoms with van der Waals surface area (Å²) in [7, 11) is 0. The zero-order valence-corrected chi connectivity index (χ0v) is 14.1. The molecule has 0 N–H and O–H groups in total. The van der Waals surface area contributed by atoms with Crippen LogP contribution >= 0.6 is 27.5 Å². The predicted octanol–water partition coefficient (Wildman–Crippen LogP) is 5.68. The van der Waals surface area contributed by atoms with Crippen molar-refractivity contribution in [2.24, 2.45) is 5.92 Å². The summed E-state index contributed by atoms with van der Waals surface area (Å²) in [6, 6.07) is 6.80. The first kappa shape index (κ1) is 14.4. The maximum atomic E-state index is 6.13. The molecule has 4 heteroatoms. The number of fused-ring (bicyclic) bond motifs is 1. The number of hydrogen-bond acceptors (Lipinski definition) is 1. The summed E-state index contributed by atoms with van der Waals surface area (Å²) in [5.74, 6) is 2.23. The summed E-state index contributed by atoms with van der Waals surface area (Å²) in [5.41, 5.74) is 2.25. The molecule has 1 heterocycles. The Labute approximate surface area is 133 Å². The molecule has 1 unspecified atom stereocenters. The summed E-state index contributed by atoms with van der Waals surface area (Å²) in [4.78, 5) is 4.71. The Kier molecular flexibility index (Phi) is 4.37. The summed E-state index contributed by atoms with van der Waals surface area (Å²) in [6.45, 7) is 2.33. The second kappa shape index (κ2) is 6.07.